The van der Waals surface area contributed by atoms with E-state index in [2.05, 4.69) is 27.3 Å². The monoisotopic (exact) mass is 356 g/mol. The van der Waals surface area contributed by atoms with Crippen molar-refractivity contribution >= 4 is 27.5 Å². The fourth-order valence-corrected chi connectivity index (χ4v) is 3.55. The van der Waals surface area contributed by atoms with Gasteiger partial charge in [0.1, 0.15) is 0 Å². The zero-order valence-electron chi connectivity index (χ0n) is 11.6. The molecule has 2 aliphatic carbocycles. The smallest absolute Gasteiger partial charge is 0.0551 e. The van der Waals surface area contributed by atoms with Gasteiger partial charge >= 0.3 is 0 Å². The summed E-state index contributed by atoms with van der Waals surface area (Å²) in [7, 11) is 0. The number of halogens is 2. The Labute approximate surface area is 134 Å². The number of nitrogens with two attached hydrogens (primary N) is 1. The summed E-state index contributed by atoms with van der Waals surface area (Å²) >= 11 is 9.62. The first-order chi connectivity index (χ1) is 9.69. The van der Waals surface area contributed by atoms with Gasteiger partial charge in [0.2, 0.25) is 0 Å². The van der Waals surface area contributed by atoms with Crippen molar-refractivity contribution in [3.63, 3.8) is 0 Å². The molecule has 20 heavy (non-hydrogen) atoms. The van der Waals surface area contributed by atoms with Crippen LogP contribution < -0.4 is 11.1 Å². The first-order valence-electron chi connectivity index (χ1n) is 7.57. The fourth-order valence-electron chi connectivity index (χ4n) is 3.11. The topological polar surface area (TPSA) is 38.0 Å². The molecule has 0 heterocycles. The summed E-state index contributed by atoms with van der Waals surface area (Å²) in [5, 5.41) is 4.43. The van der Waals surface area contributed by atoms with Crippen molar-refractivity contribution in [2.24, 2.45) is 23.5 Å². The van der Waals surface area contributed by atoms with Crippen molar-refractivity contribution in [1.82, 2.24) is 5.32 Å². The molecule has 0 aliphatic heterocycles. The van der Waals surface area contributed by atoms with Gasteiger partial charge in [0, 0.05) is 17.1 Å². The predicted octanol–water partition coefficient (Wildman–Crippen LogP) is 4.13. The van der Waals surface area contributed by atoms with Crippen LogP contribution in [0, 0.1) is 17.8 Å². The van der Waals surface area contributed by atoms with Gasteiger partial charge < -0.3 is 11.1 Å². The summed E-state index contributed by atoms with van der Waals surface area (Å²) in [6, 6.07) is 6.32. The third-order valence-electron chi connectivity index (χ3n) is 4.64. The second-order valence-corrected chi connectivity index (χ2v) is 7.47. The lowest BCUT2D eigenvalue weighted by Crippen LogP contribution is -2.33. The number of benzene rings is 1. The molecule has 0 radical (unpaired) electrons. The second kappa shape index (κ2) is 6.35. The van der Waals surface area contributed by atoms with Gasteiger partial charge in [-0.3, -0.25) is 0 Å². The van der Waals surface area contributed by atoms with E-state index in [9.17, 15) is 0 Å². The van der Waals surface area contributed by atoms with E-state index in [1.807, 2.05) is 12.1 Å². The zero-order valence-corrected chi connectivity index (χ0v) is 14.0. The van der Waals surface area contributed by atoms with Gasteiger partial charge in [-0.2, -0.15) is 0 Å². The van der Waals surface area contributed by atoms with Crippen molar-refractivity contribution < 1.29 is 0 Å². The second-order valence-electron chi connectivity index (χ2n) is 6.21. The van der Waals surface area contributed by atoms with Gasteiger partial charge in [0.25, 0.3) is 0 Å². The highest BCUT2D eigenvalue weighted by atomic mass is 79.9. The SMILES string of the molecule is NCC(NCC(C1CC1)C1CC1)c1ccc(Br)c(Cl)c1. The molecule has 1 aromatic rings. The maximum Gasteiger partial charge on any atom is 0.0551 e. The van der Waals surface area contributed by atoms with Crippen LogP contribution in [-0.4, -0.2) is 13.1 Å². The highest BCUT2D eigenvalue weighted by molar-refractivity contribution is 9.10. The Morgan fingerprint density at radius 2 is 1.90 bits per heavy atom. The van der Waals surface area contributed by atoms with Crippen LogP contribution in [0.15, 0.2) is 22.7 Å². The molecule has 0 amide bonds. The standard InChI is InChI=1S/C16H22BrClN2/c17-14-6-5-12(7-15(14)18)16(8-19)20-9-13(10-1-2-10)11-3-4-11/h5-7,10-11,13,16,20H,1-4,8-9,19H2. The molecule has 3 N–H and O–H groups in total. The summed E-state index contributed by atoms with van der Waals surface area (Å²) in [4.78, 5) is 0. The molecule has 2 aliphatic rings. The molecule has 0 spiro atoms. The van der Waals surface area contributed by atoms with Crippen LogP contribution in [0.5, 0.6) is 0 Å². The van der Waals surface area contributed by atoms with Crippen molar-refractivity contribution in [3.05, 3.63) is 33.3 Å². The molecule has 110 valence electrons. The molecule has 4 heteroatoms. The lowest BCUT2D eigenvalue weighted by atomic mass is 9.97. The Kier molecular flexibility index (Phi) is 4.71. The maximum atomic E-state index is 6.18. The molecule has 2 nitrogen and oxygen atoms in total. The Bertz CT molecular complexity index is 460. The minimum Gasteiger partial charge on any atom is -0.329 e. The Balaban J connectivity index is 1.62. The predicted molar refractivity (Wildman–Crippen MR) is 87.9 cm³/mol. The summed E-state index contributed by atoms with van der Waals surface area (Å²) in [5.74, 6) is 2.82. The minimum absolute atomic E-state index is 0.209. The third-order valence-corrected chi connectivity index (χ3v) is 5.87. The number of hydrogen-bond acceptors (Lipinski definition) is 2. The average Bonchev–Trinajstić information content (AvgIpc) is 3.31. The first-order valence-corrected chi connectivity index (χ1v) is 8.74. The van der Waals surface area contributed by atoms with Gasteiger partial charge in [-0.1, -0.05) is 17.7 Å². The lowest BCUT2D eigenvalue weighted by Gasteiger charge is -2.22. The van der Waals surface area contributed by atoms with E-state index in [-0.39, 0.29) is 6.04 Å². The number of hydrogen-bond donors (Lipinski definition) is 2. The third kappa shape index (κ3) is 3.56. The van der Waals surface area contributed by atoms with E-state index in [1.165, 1.54) is 31.2 Å². The molecule has 0 saturated heterocycles. The summed E-state index contributed by atoms with van der Waals surface area (Å²) < 4.78 is 0.938. The van der Waals surface area contributed by atoms with Crippen LogP contribution in [0.2, 0.25) is 5.02 Å². The van der Waals surface area contributed by atoms with Gasteiger partial charge in [-0.25, -0.2) is 0 Å². The van der Waals surface area contributed by atoms with Crippen molar-refractivity contribution in [2.75, 3.05) is 13.1 Å². The quantitative estimate of drug-likeness (QED) is 0.770. The normalized spacial score (nSPS) is 20.4. The van der Waals surface area contributed by atoms with E-state index < -0.39 is 0 Å². The van der Waals surface area contributed by atoms with Crippen LogP contribution in [0.1, 0.15) is 37.3 Å². The summed E-state index contributed by atoms with van der Waals surface area (Å²) in [5.41, 5.74) is 7.13. The van der Waals surface area contributed by atoms with Crippen LogP contribution in [0.4, 0.5) is 0 Å². The summed E-state index contributed by atoms with van der Waals surface area (Å²) in [6.07, 6.45) is 5.72. The molecule has 2 fully saturated rings. The Hall–Kier alpha value is -0.0900. The average molecular weight is 358 g/mol. The van der Waals surface area contributed by atoms with Crippen LogP contribution >= 0.6 is 27.5 Å². The molecule has 0 bridgehead atoms. The van der Waals surface area contributed by atoms with Gasteiger partial charge in [0.15, 0.2) is 0 Å². The van der Waals surface area contributed by atoms with E-state index in [4.69, 9.17) is 17.3 Å². The van der Waals surface area contributed by atoms with Gasteiger partial charge in [0.05, 0.1) is 5.02 Å². The molecular weight excluding hydrogens is 336 g/mol. The molecule has 1 atom stereocenters. The highest BCUT2D eigenvalue weighted by Crippen LogP contribution is 2.49. The van der Waals surface area contributed by atoms with Crippen molar-refractivity contribution in [1.29, 1.82) is 0 Å². The highest BCUT2D eigenvalue weighted by Gasteiger charge is 2.41. The van der Waals surface area contributed by atoms with Crippen LogP contribution in [-0.2, 0) is 0 Å². The minimum atomic E-state index is 0.209. The first kappa shape index (κ1) is 14.8. The Morgan fingerprint density at radius 3 is 2.40 bits per heavy atom. The fraction of sp³-hybridized carbons (Fsp3) is 0.625. The van der Waals surface area contributed by atoms with E-state index in [0.29, 0.717) is 6.54 Å². The lowest BCUT2D eigenvalue weighted by molar-refractivity contribution is 0.357. The Morgan fingerprint density at radius 1 is 1.25 bits per heavy atom. The molecule has 1 unspecified atom stereocenters. The number of rotatable bonds is 7. The van der Waals surface area contributed by atoms with E-state index in [1.54, 1.807) is 0 Å². The molecule has 3 rings (SSSR count). The molecular formula is C16H22BrClN2. The van der Waals surface area contributed by atoms with E-state index >= 15 is 0 Å². The van der Waals surface area contributed by atoms with Gasteiger partial charge in [-0.15, -0.1) is 0 Å². The molecule has 2 saturated carbocycles. The summed E-state index contributed by atoms with van der Waals surface area (Å²) in [6.45, 7) is 1.71. The molecule has 1 aromatic carbocycles. The largest absolute Gasteiger partial charge is 0.329 e. The molecule has 0 aromatic heterocycles. The van der Waals surface area contributed by atoms with Crippen LogP contribution in [0.25, 0.3) is 0 Å². The maximum absolute atomic E-state index is 6.18. The van der Waals surface area contributed by atoms with E-state index in [0.717, 1.165) is 33.8 Å². The van der Waals surface area contributed by atoms with Gasteiger partial charge in [-0.05, 0) is 83.6 Å². The van der Waals surface area contributed by atoms with Crippen LogP contribution in [0.3, 0.4) is 0 Å². The number of nitrogens with one attached hydrogen (secondary N) is 1. The van der Waals surface area contributed by atoms with Crippen molar-refractivity contribution in [3.8, 4) is 0 Å². The zero-order chi connectivity index (χ0) is 14.1. The van der Waals surface area contributed by atoms with Crippen molar-refractivity contribution in [2.45, 2.75) is 31.7 Å².